The lowest BCUT2D eigenvalue weighted by Gasteiger charge is -2.18. The van der Waals surface area contributed by atoms with Gasteiger partial charge in [-0.1, -0.05) is 13.3 Å². The fourth-order valence-corrected chi connectivity index (χ4v) is 1.95. The van der Waals surface area contributed by atoms with E-state index in [0.717, 1.165) is 26.2 Å². The van der Waals surface area contributed by atoms with E-state index in [9.17, 15) is 0 Å². The second-order valence-corrected chi connectivity index (χ2v) is 4.88. The first-order valence-electron chi connectivity index (χ1n) is 6.16. The summed E-state index contributed by atoms with van der Waals surface area (Å²) in [4.78, 5) is 0. The summed E-state index contributed by atoms with van der Waals surface area (Å²) < 4.78 is 5.14. The van der Waals surface area contributed by atoms with Crippen LogP contribution in [0.3, 0.4) is 0 Å². The zero-order valence-corrected chi connectivity index (χ0v) is 10.2. The SMILES string of the molecule is CCC(CN)CNCC1(CCOC)CC1. The summed E-state index contributed by atoms with van der Waals surface area (Å²) in [6.07, 6.45) is 5.11. The Balaban J connectivity index is 2.08. The minimum absolute atomic E-state index is 0.558. The quantitative estimate of drug-likeness (QED) is 0.609. The van der Waals surface area contributed by atoms with Gasteiger partial charge in [-0.2, -0.15) is 0 Å². The lowest BCUT2D eigenvalue weighted by Crippen LogP contribution is -2.32. The van der Waals surface area contributed by atoms with Crippen molar-refractivity contribution in [1.82, 2.24) is 5.32 Å². The molecule has 0 aromatic heterocycles. The maximum atomic E-state index is 5.67. The van der Waals surface area contributed by atoms with Crippen molar-refractivity contribution in [2.45, 2.75) is 32.6 Å². The molecule has 1 aliphatic rings. The molecule has 3 heteroatoms. The largest absolute Gasteiger partial charge is 0.385 e. The molecule has 0 aromatic rings. The lowest BCUT2D eigenvalue weighted by atomic mass is 10.0. The zero-order chi connectivity index (χ0) is 11.1. The van der Waals surface area contributed by atoms with Crippen LogP contribution >= 0.6 is 0 Å². The Hall–Kier alpha value is -0.120. The Morgan fingerprint density at radius 1 is 1.47 bits per heavy atom. The summed E-state index contributed by atoms with van der Waals surface area (Å²) in [5.41, 5.74) is 6.23. The Morgan fingerprint density at radius 3 is 2.67 bits per heavy atom. The predicted molar refractivity (Wildman–Crippen MR) is 63.9 cm³/mol. The molecular weight excluding hydrogens is 188 g/mol. The van der Waals surface area contributed by atoms with Crippen LogP contribution in [-0.2, 0) is 4.74 Å². The molecule has 0 radical (unpaired) electrons. The number of nitrogens with two attached hydrogens (primary N) is 1. The third-order valence-electron chi connectivity index (χ3n) is 3.64. The molecule has 0 saturated heterocycles. The van der Waals surface area contributed by atoms with E-state index < -0.39 is 0 Å². The predicted octanol–water partition coefficient (Wildman–Crippen LogP) is 1.38. The maximum Gasteiger partial charge on any atom is 0.0468 e. The van der Waals surface area contributed by atoms with Gasteiger partial charge in [0.15, 0.2) is 0 Å². The molecule has 1 fully saturated rings. The van der Waals surface area contributed by atoms with Gasteiger partial charge in [0.05, 0.1) is 0 Å². The highest BCUT2D eigenvalue weighted by molar-refractivity contribution is 4.94. The van der Waals surface area contributed by atoms with E-state index >= 15 is 0 Å². The number of hydrogen-bond acceptors (Lipinski definition) is 3. The molecule has 15 heavy (non-hydrogen) atoms. The third-order valence-corrected chi connectivity index (χ3v) is 3.64. The zero-order valence-electron chi connectivity index (χ0n) is 10.2. The Labute approximate surface area is 93.8 Å². The molecule has 1 aliphatic carbocycles. The van der Waals surface area contributed by atoms with Crippen LogP contribution < -0.4 is 11.1 Å². The van der Waals surface area contributed by atoms with Crippen molar-refractivity contribution in [2.24, 2.45) is 17.1 Å². The Morgan fingerprint density at radius 2 is 2.20 bits per heavy atom. The topological polar surface area (TPSA) is 47.3 Å². The van der Waals surface area contributed by atoms with Gasteiger partial charge < -0.3 is 15.8 Å². The first kappa shape index (κ1) is 12.9. The van der Waals surface area contributed by atoms with E-state index in [0.29, 0.717) is 11.3 Å². The molecular formula is C12H26N2O. The third kappa shape index (κ3) is 4.49. The summed E-state index contributed by atoms with van der Waals surface area (Å²) in [6.45, 7) is 6.12. The standard InChI is InChI=1S/C12H26N2O/c1-3-11(8-13)9-14-10-12(4-5-12)6-7-15-2/h11,14H,3-10,13H2,1-2H3. The highest BCUT2D eigenvalue weighted by Gasteiger charge is 2.41. The van der Waals surface area contributed by atoms with Crippen molar-refractivity contribution >= 4 is 0 Å². The van der Waals surface area contributed by atoms with E-state index in [-0.39, 0.29) is 0 Å². The second kappa shape index (κ2) is 6.46. The van der Waals surface area contributed by atoms with Crippen molar-refractivity contribution < 1.29 is 4.74 Å². The molecule has 0 aliphatic heterocycles. The molecule has 1 saturated carbocycles. The fraction of sp³-hybridized carbons (Fsp3) is 1.00. The Bertz CT molecular complexity index is 165. The minimum atomic E-state index is 0.558. The van der Waals surface area contributed by atoms with E-state index in [1.807, 2.05) is 0 Å². The van der Waals surface area contributed by atoms with E-state index in [1.54, 1.807) is 7.11 Å². The van der Waals surface area contributed by atoms with Gasteiger partial charge in [-0.05, 0) is 43.7 Å². The van der Waals surface area contributed by atoms with Crippen LogP contribution in [0.5, 0.6) is 0 Å². The van der Waals surface area contributed by atoms with Gasteiger partial charge >= 0.3 is 0 Å². The van der Waals surface area contributed by atoms with Gasteiger partial charge in [0, 0.05) is 20.3 Å². The van der Waals surface area contributed by atoms with Gasteiger partial charge in [0.1, 0.15) is 0 Å². The molecule has 0 heterocycles. The van der Waals surface area contributed by atoms with Gasteiger partial charge in [0.25, 0.3) is 0 Å². The van der Waals surface area contributed by atoms with Crippen LogP contribution in [0.4, 0.5) is 0 Å². The average Bonchev–Trinajstić information content (AvgIpc) is 3.02. The summed E-state index contributed by atoms with van der Waals surface area (Å²) in [7, 11) is 1.78. The molecule has 1 unspecified atom stereocenters. The molecule has 3 N–H and O–H groups in total. The summed E-state index contributed by atoms with van der Waals surface area (Å²) in [6, 6.07) is 0. The van der Waals surface area contributed by atoms with Crippen LogP contribution in [0.25, 0.3) is 0 Å². The van der Waals surface area contributed by atoms with E-state index in [2.05, 4.69) is 12.2 Å². The van der Waals surface area contributed by atoms with E-state index in [4.69, 9.17) is 10.5 Å². The number of hydrogen-bond donors (Lipinski definition) is 2. The van der Waals surface area contributed by atoms with Gasteiger partial charge in [-0.25, -0.2) is 0 Å². The maximum absolute atomic E-state index is 5.67. The molecule has 0 amide bonds. The molecule has 1 atom stereocenters. The molecule has 1 rings (SSSR count). The van der Waals surface area contributed by atoms with Crippen LogP contribution in [0.15, 0.2) is 0 Å². The highest BCUT2D eigenvalue weighted by Crippen LogP contribution is 2.48. The van der Waals surface area contributed by atoms with Crippen molar-refractivity contribution in [3.05, 3.63) is 0 Å². The number of rotatable bonds is 9. The first-order valence-corrected chi connectivity index (χ1v) is 6.16. The van der Waals surface area contributed by atoms with Crippen molar-refractivity contribution in [1.29, 1.82) is 0 Å². The summed E-state index contributed by atoms with van der Waals surface area (Å²) in [5.74, 6) is 0.642. The monoisotopic (exact) mass is 214 g/mol. The average molecular weight is 214 g/mol. The van der Waals surface area contributed by atoms with Crippen LogP contribution in [0.2, 0.25) is 0 Å². The van der Waals surface area contributed by atoms with Gasteiger partial charge in [-0.3, -0.25) is 0 Å². The molecule has 90 valence electrons. The minimum Gasteiger partial charge on any atom is -0.385 e. The van der Waals surface area contributed by atoms with Crippen molar-refractivity contribution in [3.8, 4) is 0 Å². The number of methoxy groups -OCH3 is 1. The normalized spacial score (nSPS) is 20.2. The Kier molecular flexibility index (Phi) is 5.58. The molecule has 0 aromatic carbocycles. The lowest BCUT2D eigenvalue weighted by molar-refractivity contribution is 0.171. The fourth-order valence-electron chi connectivity index (χ4n) is 1.95. The van der Waals surface area contributed by atoms with Gasteiger partial charge in [-0.15, -0.1) is 0 Å². The smallest absolute Gasteiger partial charge is 0.0468 e. The first-order chi connectivity index (χ1) is 7.26. The van der Waals surface area contributed by atoms with Crippen LogP contribution in [0.1, 0.15) is 32.6 Å². The van der Waals surface area contributed by atoms with Crippen LogP contribution in [0, 0.1) is 11.3 Å². The summed E-state index contributed by atoms with van der Waals surface area (Å²) in [5, 5.41) is 3.56. The number of ether oxygens (including phenoxy) is 1. The van der Waals surface area contributed by atoms with Crippen molar-refractivity contribution in [2.75, 3.05) is 33.4 Å². The van der Waals surface area contributed by atoms with Crippen LogP contribution in [-0.4, -0.2) is 33.4 Å². The number of nitrogens with one attached hydrogen (secondary N) is 1. The second-order valence-electron chi connectivity index (χ2n) is 4.88. The molecule has 0 bridgehead atoms. The van der Waals surface area contributed by atoms with Gasteiger partial charge in [0.2, 0.25) is 0 Å². The van der Waals surface area contributed by atoms with E-state index in [1.165, 1.54) is 25.7 Å². The highest BCUT2D eigenvalue weighted by atomic mass is 16.5. The summed E-state index contributed by atoms with van der Waals surface area (Å²) >= 11 is 0. The van der Waals surface area contributed by atoms with Crippen molar-refractivity contribution in [3.63, 3.8) is 0 Å². The molecule has 3 nitrogen and oxygen atoms in total. The molecule has 0 spiro atoms.